The number of nitrogens with one attached hydrogen (secondary N) is 2. The number of carbonyl (C=O) groups is 1. The van der Waals surface area contributed by atoms with Crippen LogP contribution in [0.2, 0.25) is 0 Å². The Labute approximate surface area is 179 Å². The fourth-order valence-electron chi connectivity index (χ4n) is 2.64. The molecule has 0 amide bonds. The minimum absolute atomic E-state index is 0.136. The number of anilines is 1. The van der Waals surface area contributed by atoms with Gasteiger partial charge in [0.15, 0.2) is 0 Å². The van der Waals surface area contributed by atoms with E-state index in [-0.39, 0.29) is 11.5 Å². The van der Waals surface area contributed by atoms with Gasteiger partial charge in [-0.1, -0.05) is 32.9 Å². The number of nitrogens with zero attached hydrogens (tertiary/aromatic N) is 3. The predicted octanol–water partition coefficient (Wildman–Crippen LogP) is 3.14. The Bertz CT molecular complexity index is 1150. The Balaban J connectivity index is 1.62. The van der Waals surface area contributed by atoms with Crippen molar-refractivity contribution in [2.75, 3.05) is 12.5 Å². The molecule has 9 nitrogen and oxygen atoms in total. The van der Waals surface area contributed by atoms with Crippen LogP contribution in [0.3, 0.4) is 0 Å². The summed E-state index contributed by atoms with van der Waals surface area (Å²) in [5.74, 6) is 0.450. The quantitative estimate of drug-likeness (QED) is 0.272. The van der Waals surface area contributed by atoms with Crippen molar-refractivity contribution in [1.29, 1.82) is 0 Å². The van der Waals surface area contributed by atoms with E-state index in [0.717, 1.165) is 5.56 Å². The molecule has 1 heterocycles. The molecule has 31 heavy (non-hydrogen) atoms. The predicted molar refractivity (Wildman–Crippen MR) is 117 cm³/mol. The molecule has 1 aromatic heterocycles. The van der Waals surface area contributed by atoms with Gasteiger partial charge in [0.2, 0.25) is 5.95 Å². The number of hydrazone groups is 1. The van der Waals surface area contributed by atoms with E-state index in [1.807, 2.05) is 20.8 Å². The van der Waals surface area contributed by atoms with Crippen LogP contribution < -0.4 is 20.5 Å². The molecule has 0 bridgehead atoms. The van der Waals surface area contributed by atoms with E-state index in [2.05, 4.69) is 25.7 Å². The maximum Gasteiger partial charge on any atom is 0.347 e. The van der Waals surface area contributed by atoms with Crippen LogP contribution in [0.4, 0.5) is 5.95 Å². The highest BCUT2D eigenvalue weighted by Crippen LogP contribution is 2.20. The second kappa shape index (κ2) is 9.21. The molecule has 2 N–H and O–H groups in total. The molecule has 0 saturated carbocycles. The lowest BCUT2D eigenvalue weighted by Gasteiger charge is -2.15. The third-order valence-corrected chi connectivity index (χ3v) is 4.21. The summed E-state index contributed by atoms with van der Waals surface area (Å²) in [4.78, 5) is 27.0. The molecule has 0 aliphatic heterocycles. The number of methoxy groups -OCH3 is 1. The van der Waals surface area contributed by atoms with Crippen LogP contribution in [0.5, 0.6) is 11.5 Å². The van der Waals surface area contributed by atoms with Gasteiger partial charge < -0.3 is 9.47 Å². The van der Waals surface area contributed by atoms with Crippen LogP contribution in [0.15, 0.2) is 58.4 Å². The van der Waals surface area contributed by atoms with Crippen molar-refractivity contribution in [3.8, 4) is 11.5 Å². The molecule has 0 spiro atoms. The topological polar surface area (TPSA) is 119 Å². The third kappa shape index (κ3) is 5.53. The molecule has 3 rings (SSSR count). The van der Waals surface area contributed by atoms with Gasteiger partial charge in [0, 0.05) is 5.41 Å². The number of hydrogen-bond donors (Lipinski definition) is 2. The number of H-pyrrole nitrogens is 1. The number of esters is 1. The summed E-state index contributed by atoms with van der Waals surface area (Å²) in [6.45, 7) is 5.65. The van der Waals surface area contributed by atoms with Gasteiger partial charge in [-0.25, -0.2) is 10.2 Å². The van der Waals surface area contributed by atoms with E-state index >= 15 is 0 Å². The summed E-state index contributed by atoms with van der Waals surface area (Å²) in [5, 5.41) is 11.9. The van der Waals surface area contributed by atoms with Gasteiger partial charge in [-0.05, 0) is 42.0 Å². The summed E-state index contributed by atoms with van der Waals surface area (Å²) in [6.07, 6.45) is 1.53. The highest BCUT2D eigenvalue weighted by atomic mass is 16.5. The van der Waals surface area contributed by atoms with Crippen molar-refractivity contribution in [2.45, 2.75) is 26.2 Å². The summed E-state index contributed by atoms with van der Waals surface area (Å²) in [5.41, 5.74) is 3.34. The molecule has 160 valence electrons. The van der Waals surface area contributed by atoms with Gasteiger partial charge in [0.05, 0.1) is 13.3 Å². The van der Waals surface area contributed by atoms with E-state index < -0.39 is 11.4 Å². The number of hydrogen-bond acceptors (Lipinski definition) is 8. The van der Waals surface area contributed by atoms with Crippen LogP contribution in [0.25, 0.3) is 0 Å². The van der Waals surface area contributed by atoms with E-state index in [0.29, 0.717) is 22.8 Å². The zero-order chi connectivity index (χ0) is 22.4. The van der Waals surface area contributed by atoms with Crippen LogP contribution in [-0.4, -0.2) is 34.5 Å². The Kier molecular flexibility index (Phi) is 6.44. The monoisotopic (exact) mass is 421 g/mol. The molecular weight excluding hydrogens is 398 g/mol. The molecule has 0 aliphatic carbocycles. The Hall–Kier alpha value is -4.01. The lowest BCUT2D eigenvalue weighted by Crippen LogP contribution is -2.28. The number of ether oxygens (including phenoxy) is 2. The minimum Gasteiger partial charge on any atom is -0.496 e. The molecule has 0 radical (unpaired) electrons. The third-order valence-electron chi connectivity index (χ3n) is 4.21. The first-order valence-electron chi connectivity index (χ1n) is 9.50. The van der Waals surface area contributed by atoms with Crippen molar-refractivity contribution in [1.82, 2.24) is 15.2 Å². The second-order valence-corrected chi connectivity index (χ2v) is 7.63. The smallest absolute Gasteiger partial charge is 0.347 e. The summed E-state index contributed by atoms with van der Waals surface area (Å²) < 4.78 is 10.6. The number of carbonyl (C=O) groups excluding carboxylic acids is 1. The molecule has 0 aliphatic rings. The van der Waals surface area contributed by atoms with Crippen LogP contribution in [-0.2, 0) is 5.41 Å². The van der Waals surface area contributed by atoms with Crippen molar-refractivity contribution >= 4 is 18.1 Å². The Morgan fingerprint density at radius 2 is 1.81 bits per heavy atom. The number of aromatic nitrogens is 3. The Morgan fingerprint density at radius 1 is 1.10 bits per heavy atom. The standard InChI is InChI=1S/C22H23N5O4/c1-22(2,3)18-19(28)24-21(27-25-18)26-23-13-14-9-11-15(12-10-14)31-20(29)16-7-5-6-8-17(16)30-4/h5-13H,1-4H3,(H2,24,26,27,28). The maximum absolute atomic E-state index is 12.3. The average Bonchev–Trinajstić information content (AvgIpc) is 2.74. The lowest BCUT2D eigenvalue weighted by molar-refractivity contribution is 0.0731. The normalized spacial score (nSPS) is 11.4. The van der Waals surface area contributed by atoms with E-state index in [1.54, 1.807) is 48.5 Å². The zero-order valence-electron chi connectivity index (χ0n) is 17.7. The fraction of sp³-hybridized carbons (Fsp3) is 0.227. The summed E-state index contributed by atoms with van der Waals surface area (Å²) in [7, 11) is 1.49. The van der Waals surface area contributed by atoms with Crippen LogP contribution in [0, 0.1) is 0 Å². The number of benzene rings is 2. The molecule has 0 fully saturated rings. The largest absolute Gasteiger partial charge is 0.496 e. The Morgan fingerprint density at radius 3 is 2.45 bits per heavy atom. The van der Waals surface area contributed by atoms with Crippen molar-refractivity contribution < 1.29 is 14.3 Å². The average molecular weight is 421 g/mol. The van der Waals surface area contributed by atoms with Gasteiger partial charge >= 0.3 is 5.97 Å². The maximum atomic E-state index is 12.3. The van der Waals surface area contributed by atoms with Gasteiger partial charge in [-0.15, -0.1) is 10.2 Å². The lowest BCUT2D eigenvalue weighted by atomic mass is 9.93. The van der Waals surface area contributed by atoms with Crippen molar-refractivity contribution in [3.63, 3.8) is 0 Å². The number of rotatable bonds is 6. The minimum atomic E-state index is -0.512. The molecule has 0 unspecified atom stereocenters. The van der Waals surface area contributed by atoms with Crippen molar-refractivity contribution in [3.05, 3.63) is 75.7 Å². The first kappa shape index (κ1) is 21.7. The zero-order valence-corrected chi connectivity index (χ0v) is 17.7. The molecule has 3 aromatic rings. The molecule has 0 atom stereocenters. The van der Waals surface area contributed by atoms with Crippen LogP contribution in [0.1, 0.15) is 42.4 Å². The van der Waals surface area contributed by atoms with E-state index in [9.17, 15) is 9.59 Å². The van der Waals surface area contributed by atoms with Gasteiger partial charge in [-0.3, -0.25) is 9.78 Å². The summed E-state index contributed by atoms with van der Waals surface area (Å²) in [6, 6.07) is 13.6. The first-order valence-corrected chi connectivity index (χ1v) is 9.50. The van der Waals surface area contributed by atoms with Gasteiger partial charge in [-0.2, -0.15) is 5.10 Å². The highest BCUT2D eigenvalue weighted by Gasteiger charge is 2.20. The SMILES string of the molecule is COc1ccccc1C(=O)Oc1ccc(C=NNc2nnc(C(C)(C)C)c(=O)[nH]2)cc1. The van der Waals surface area contributed by atoms with Gasteiger partial charge in [0.1, 0.15) is 22.8 Å². The van der Waals surface area contributed by atoms with Gasteiger partial charge in [0.25, 0.3) is 5.56 Å². The van der Waals surface area contributed by atoms with Crippen LogP contribution >= 0.6 is 0 Å². The number of aromatic amines is 1. The van der Waals surface area contributed by atoms with E-state index in [4.69, 9.17) is 9.47 Å². The summed E-state index contributed by atoms with van der Waals surface area (Å²) >= 11 is 0. The fourth-order valence-corrected chi connectivity index (χ4v) is 2.64. The molecule has 9 heteroatoms. The molecule has 2 aromatic carbocycles. The first-order chi connectivity index (χ1) is 14.8. The molecular formula is C22H23N5O4. The van der Waals surface area contributed by atoms with E-state index in [1.165, 1.54) is 13.3 Å². The van der Waals surface area contributed by atoms with Crippen molar-refractivity contribution in [2.24, 2.45) is 5.10 Å². The molecule has 0 saturated heterocycles. The number of para-hydroxylation sites is 1. The highest BCUT2D eigenvalue weighted by molar-refractivity contribution is 5.94. The second-order valence-electron chi connectivity index (χ2n) is 7.63.